The molecular formula is C16H8F3NO2. The van der Waals surface area contributed by atoms with Crippen molar-refractivity contribution in [2.24, 2.45) is 4.99 Å². The van der Waals surface area contributed by atoms with Crippen molar-refractivity contribution in [1.29, 1.82) is 0 Å². The van der Waals surface area contributed by atoms with Crippen LogP contribution in [0.3, 0.4) is 0 Å². The van der Waals surface area contributed by atoms with Crippen LogP contribution in [0.15, 0.2) is 53.2 Å². The first kappa shape index (κ1) is 14.1. The molecule has 1 aliphatic heterocycles. The molecule has 3 nitrogen and oxygen atoms in total. The minimum absolute atomic E-state index is 0.115. The van der Waals surface area contributed by atoms with E-state index in [9.17, 15) is 18.0 Å². The van der Waals surface area contributed by atoms with E-state index in [4.69, 9.17) is 4.74 Å². The highest BCUT2D eigenvalue weighted by Gasteiger charge is 2.25. The summed E-state index contributed by atoms with van der Waals surface area (Å²) in [6.45, 7) is 0. The Balaban J connectivity index is 1.98. The van der Waals surface area contributed by atoms with Crippen LogP contribution in [0, 0.1) is 17.5 Å². The van der Waals surface area contributed by atoms with Gasteiger partial charge in [-0.1, -0.05) is 18.2 Å². The summed E-state index contributed by atoms with van der Waals surface area (Å²) in [6, 6.07) is 8.84. The number of rotatable bonds is 2. The van der Waals surface area contributed by atoms with Crippen molar-refractivity contribution < 1.29 is 22.7 Å². The number of carbonyl (C=O) groups excluding carboxylic acids is 1. The fourth-order valence-electron chi connectivity index (χ4n) is 1.90. The van der Waals surface area contributed by atoms with Crippen LogP contribution in [0.2, 0.25) is 0 Å². The molecule has 0 aromatic heterocycles. The molecule has 0 fully saturated rings. The van der Waals surface area contributed by atoms with Gasteiger partial charge in [0.2, 0.25) is 5.90 Å². The van der Waals surface area contributed by atoms with Gasteiger partial charge in [0.1, 0.15) is 5.82 Å². The van der Waals surface area contributed by atoms with E-state index in [0.717, 1.165) is 12.1 Å². The van der Waals surface area contributed by atoms with E-state index in [1.165, 1.54) is 30.3 Å². The lowest BCUT2D eigenvalue weighted by Crippen LogP contribution is -2.06. The van der Waals surface area contributed by atoms with Gasteiger partial charge in [-0.2, -0.15) is 0 Å². The highest BCUT2D eigenvalue weighted by molar-refractivity contribution is 6.12. The van der Waals surface area contributed by atoms with Gasteiger partial charge in [-0.15, -0.1) is 0 Å². The molecule has 0 amide bonds. The lowest BCUT2D eigenvalue weighted by molar-refractivity contribution is -0.129. The summed E-state index contributed by atoms with van der Waals surface area (Å²) in [5.74, 6) is -3.56. The fraction of sp³-hybridized carbons (Fsp3) is 0. The number of carbonyl (C=O) groups is 1. The number of nitrogens with zero attached hydrogens (tertiary/aromatic N) is 1. The van der Waals surface area contributed by atoms with Crippen LogP contribution in [-0.2, 0) is 9.53 Å². The van der Waals surface area contributed by atoms with Crippen LogP contribution in [-0.4, -0.2) is 11.9 Å². The molecule has 2 aromatic rings. The molecular weight excluding hydrogens is 295 g/mol. The number of aliphatic imine (C=N–C) groups is 1. The summed E-state index contributed by atoms with van der Waals surface area (Å²) in [7, 11) is 0. The predicted octanol–water partition coefficient (Wildman–Crippen LogP) is 3.45. The second-order valence-corrected chi connectivity index (χ2v) is 4.49. The number of halogens is 3. The van der Waals surface area contributed by atoms with Crippen LogP contribution < -0.4 is 0 Å². The summed E-state index contributed by atoms with van der Waals surface area (Å²) >= 11 is 0. The number of hydrogen-bond acceptors (Lipinski definition) is 3. The van der Waals surface area contributed by atoms with Gasteiger partial charge in [-0.05, 0) is 30.3 Å². The molecule has 0 spiro atoms. The summed E-state index contributed by atoms with van der Waals surface area (Å²) in [4.78, 5) is 15.6. The van der Waals surface area contributed by atoms with E-state index in [2.05, 4.69) is 4.99 Å². The molecule has 0 bridgehead atoms. The number of esters is 1. The van der Waals surface area contributed by atoms with Gasteiger partial charge in [0.05, 0.1) is 0 Å². The van der Waals surface area contributed by atoms with Gasteiger partial charge < -0.3 is 4.74 Å². The van der Waals surface area contributed by atoms with Crippen molar-refractivity contribution >= 4 is 17.9 Å². The first-order chi connectivity index (χ1) is 10.5. The van der Waals surface area contributed by atoms with Crippen molar-refractivity contribution in [2.45, 2.75) is 0 Å². The Bertz CT molecular complexity index is 828. The maximum absolute atomic E-state index is 13.6. The average molecular weight is 303 g/mol. The lowest BCUT2D eigenvalue weighted by atomic mass is 10.2. The summed E-state index contributed by atoms with van der Waals surface area (Å²) in [5.41, 5.74) is 0.166. The zero-order valence-electron chi connectivity index (χ0n) is 11.0. The Hall–Kier alpha value is -2.89. The van der Waals surface area contributed by atoms with Gasteiger partial charge in [0.15, 0.2) is 17.3 Å². The monoisotopic (exact) mass is 303 g/mol. The molecule has 0 aliphatic carbocycles. The van der Waals surface area contributed by atoms with Crippen molar-refractivity contribution in [3.05, 3.63) is 76.7 Å². The maximum atomic E-state index is 13.6. The largest absolute Gasteiger partial charge is 0.402 e. The molecule has 0 radical (unpaired) electrons. The minimum atomic E-state index is -1.08. The number of hydrogen-bond donors (Lipinski definition) is 0. The smallest absolute Gasteiger partial charge is 0.363 e. The van der Waals surface area contributed by atoms with Gasteiger partial charge >= 0.3 is 5.97 Å². The molecule has 2 aromatic carbocycles. The van der Waals surface area contributed by atoms with Gasteiger partial charge in [-0.25, -0.2) is 23.0 Å². The van der Waals surface area contributed by atoms with Gasteiger partial charge in [0, 0.05) is 11.1 Å². The quantitative estimate of drug-likeness (QED) is 0.629. The van der Waals surface area contributed by atoms with E-state index < -0.39 is 23.4 Å². The molecule has 0 saturated carbocycles. The van der Waals surface area contributed by atoms with E-state index in [-0.39, 0.29) is 22.7 Å². The molecule has 0 N–H and O–H groups in total. The predicted molar refractivity (Wildman–Crippen MR) is 73.4 cm³/mol. The molecule has 0 atom stereocenters. The van der Waals surface area contributed by atoms with Crippen molar-refractivity contribution in [1.82, 2.24) is 0 Å². The third kappa shape index (κ3) is 2.63. The van der Waals surface area contributed by atoms with Gasteiger partial charge in [-0.3, -0.25) is 0 Å². The molecule has 0 saturated heterocycles. The van der Waals surface area contributed by atoms with Gasteiger partial charge in [0.25, 0.3) is 0 Å². The molecule has 3 rings (SSSR count). The van der Waals surface area contributed by atoms with Crippen molar-refractivity contribution in [3.8, 4) is 0 Å². The number of benzene rings is 2. The Labute approximate surface area is 123 Å². The highest BCUT2D eigenvalue weighted by atomic mass is 19.2. The highest BCUT2D eigenvalue weighted by Crippen LogP contribution is 2.21. The molecule has 110 valence electrons. The van der Waals surface area contributed by atoms with Crippen LogP contribution in [0.25, 0.3) is 6.08 Å². The Morgan fingerprint density at radius 3 is 2.45 bits per heavy atom. The SMILES string of the molecule is O=C1OC(c2ccc(F)c(F)c2)=N/C1=C\c1ccccc1F. The zero-order valence-corrected chi connectivity index (χ0v) is 11.0. The van der Waals surface area contributed by atoms with Crippen molar-refractivity contribution in [3.63, 3.8) is 0 Å². The molecule has 1 aliphatic rings. The lowest BCUT2D eigenvalue weighted by Gasteiger charge is -1.99. The zero-order chi connectivity index (χ0) is 15.7. The van der Waals surface area contributed by atoms with E-state index in [0.29, 0.717) is 0 Å². The second kappa shape index (κ2) is 5.48. The fourth-order valence-corrected chi connectivity index (χ4v) is 1.90. The van der Waals surface area contributed by atoms with E-state index >= 15 is 0 Å². The Morgan fingerprint density at radius 2 is 1.73 bits per heavy atom. The normalized spacial score (nSPS) is 15.9. The summed E-state index contributed by atoms with van der Waals surface area (Å²) in [6.07, 6.45) is 1.23. The molecule has 22 heavy (non-hydrogen) atoms. The van der Waals surface area contributed by atoms with Crippen LogP contribution in [0.4, 0.5) is 13.2 Å². The van der Waals surface area contributed by atoms with Crippen molar-refractivity contribution in [2.75, 3.05) is 0 Å². The third-order valence-corrected chi connectivity index (χ3v) is 2.98. The number of ether oxygens (including phenoxy) is 1. The Morgan fingerprint density at radius 1 is 0.955 bits per heavy atom. The first-order valence-corrected chi connectivity index (χ1v) is 6.27. The second-order valence-electron chi connectivity index (χ2n) is 4.49. The molecule has 6 heteroatoms. The summed E-state index contributed by atoms with van der Waals surface area (Å²) < 4.78 is 44.5. The first-order valence-electron chi connectivity index (χ1n) is 6.27. The van der Waals surface area contributed by atoms with E-state index in [1.807, 2.05) is 0 Å². The molecule has 1 heterocycles. The number of cyclic esters (lactones) is 1. The standard InChI is InChI=1S/C16H8F3NO2/c17-11-4-2-1-3-9(11)8-14-16(21)22-15(20-14)10-5-6-12(18)13(19)7-10/h1-8H/b14-8-. The van der Waals surface area contributed by atoms with Crippen LogP contribution in [0.1, 0.15) is 11.1 Å². The molecule has 0 unspecified atom stereocenters. The van der Waals surface area contributed by atoms with Crippen LogP contribution >= 0.6 is 0 Å². The maximum Gasteiger partial charge on any atom is 0.363 e. The Kier molecular flexibility index (Phi) is 3.50. The van der Waals surface area contributed by atoms with E-state index in [1.54, 1.807) is 6.07 Å². The summed E-state index contributed by atoms with van der Waals surface area (Å²) in [5, 5.41) is 0. The average Bonchev–Trinajstić information content (AvgIpc) is 2.85. The minimum Gasteiger partial charge on any atom is -0.402 e. The topological polar surface area (TPSA) is 38.7 Å². The van der Waals surface area contributed by atoms with Crippen LogP contribution in [0.5, 0.6) is 0 Å². The third-order valence-electron chi connectivity index (χ3n) is 2.98.